The first-order chi connectivity index (χ1) is 8.29. The lowest BCUT2D eigenvalue weighted by Crippen LogP contribution is -2.14. The summed E-state index contributed by atoms with van der Waals surface area (Å²) in [5.74, 6) is 0.0720. The second kappa shape index (κ2) is 5.80. The van der Waals surface area contributed by atoms with Crippen molar-refractivity contribution in [1.82, 2.24) is 0 Å². The molecular weight excluding hydrogens is 218 g/mol. The third-order valence-corrected chi connectivity index (χ3v) is 2.90. The molecule has 1 aromatic carbocycles. The number of carbonyl (C=O) groups is 1. The molecule has 2 N–H and O–H groups in total. The SMILES string of the molecule is NCc1ccc(C(=O)OCC2CCOC2)cc1. The van der Waals surface area contributed by atoms with Crippen LogP contribution in [0.5, 0.6) is 0 Å². The van der Waals surface area contributed by atoms with Gasteiger partial charge < -0.3 is 15.2 Å². The highest BCUT2D eigenvalue weighted by molar-refractivity contribution is 5.89. The molecule has 0 aliphatic carbocycles. The van der Waals surface area contributed by atoms with Crippen LogP contribution in [0.25, 0.3) is 0 Å². The van der Waals surface area contributed by atoms with E-state index in [4.69, 9.17) is 15.2 Å². The number of hydrogen-bond donors (Lipinski definition) is 1. The molecule has 4 nitrogen and oxygen atoms in total. The summed E-state index contributed by atoms with van der Waals surface area (Å²) in [6.07, 6.45) is 0.972. The Balaban J connectivity index is 1.85. The van der Waals surface area contributed by atoms with Crippen LogP contribution in [-0.2, 0) is 16.0 Å². The maximum Gasteiger partial charge on any atom is 0.338 e. The van der Waals surface area contributed by atoms with E-state index in [9.17, 15) is 4.79 Å². The summed E-state index contributed by atoms with van der Waals surface area (Å²) in [6.45, 7) is 2.39. The Labute approximate surface area is 101 Å². The zero-order valence-electron chi connectivity index (χ0n) is 9.72. The van der Waals surface area contributed by atoms with Gasteiger partial charge in [-0.1, -0.05) is 12.1 Å². The van der Waals surface area contributed by atoms with Crippen LogP contribution in [0.3, 0.4) is 0 Å². The van der Waals surface area contributed by atoms with E-state index in [0.717, 1.165) is 18.6 Å². The maximum absolute atomic E-state index is 11.7. The number of hydrogen-bond acceptors (Lipinski definition) is 4. The summed E-state index contributed by atoms with van der Waals surface area (Å²) in [5, 5.41) is 0. The molecule has 0 radical (unpaired) electrons. The van der Waals surface area contributed by atoms with Crippen molar-refractivity contribution in [2.45, 2.75) is 13.0 Å². The van der Waals surface area contributed by atoms with E-state index >= 15 is 0 Å². The first-order valence-corrected chi connectivity index (χ1v) is 5.83. The van der Waals surface area contributed by atoms with Crippen LogP contribution in [0.15, 0.2) is 24.3 Å². The van der Waals surface area contributed by atoms with Crippen molar-refractivity contribution < 1.29 is 14.3 Å². The Kier molecular flexibility index (Phi) is 4.12. The second-order valence-corrected chi connectivity index (χ2v) is 4.23. The van der Waals surface area contributed by atoms with Gasteiger partial charge in [-0.2, -0.15) is 0 Å². The van der Waals surface area contributed by atoms with Crippen molar-refractivity contribution in [1.29, 1.82) is 0 Å². The Morgan fingerprint density at radius 3 is 2.76 bits per heavy atom. The zero-order valence-corrected chi connectivity index (χ0v) is 9.72. The van der Waals surface area contributed by atoms with Gasteiger partial charge in [0.15, 0.2) is 0 Å². The fourth-order valence-electron chi connectivity index (χ4n) is 1.77. The monoisotopic (exact) mass is 235 g/mol. The lowest BCUT2D eigenvalue weighted by atomic mass is 10.1. The zero-order chi connectivity index (χ0) is 12.1. The number of nitrogens with two attached hydrogens (primary N) is 1. The lowest BCUT2D eigenvalue weighted by Gasteiger charge is -2.09. The van der Waals surface area contributed by atoms with Gasteiger partial charge in [-0.3, -0.25) is 0 Å². The topological polar surface area (TPSA) is 61.6 Å². The summed E-state index contributed by atoms with van der Waals surface area (Å²) >= 11 is 0. The lowest BCUT2D eigenvalue weighted by molar-refractivity contribution is 0.0428. The molecule has 0 saturated carbocycles. The molecule has 1 aromatic rings. The van der Waals surface area contributed by atoms with E-state index in [0.29, 0.717) is 31.2 Å². The van der Waals surface area contributed by atoms with Gasteiger partial charge in [-0.05, 0) is 24.1 Å². The largest absolute Gasteiger partial charge is 0.462 e. The molecule has 0 spiro atoms. The Hall–Kier alpha value is -1.39. The number of esters is 1. The van der Waals surface area contributed by atoms with Gasteiger partial charge in [0.25, 0.3) is 0 Å². The molecule has 1 aliphatic rings. The number of ether oxygens (including phenoxy) is 2. The molecule has 0 amide bonds. The average Bonchev–Trinajstić information content (AvgIpc) is 2.89. The van der Waals surface area contributed by atoms with E-state index in [2.05, 4.69) is 0 Å². The van der Waals surface area contributed by atoms with Crippen molar-refractivity contribution >= 4 is 5.97 Å². The summed E-state index contributed by atoms with van der Waals surface area (Å²) < 4.78 is 10.5. The molecule has 0 bridgehead atoms. The first-order valence-electron chi connectivity index (χ1n) is 5.83. The molecular formula is C13H17NO3. The van der Waals surface area contributed by atoms with Crippen LogP contribution in [0.1, 0.15) is 22.3 Å². The van der Waals surface area contributed by atoms with Crippen molar-refractivity contribution in [3.8, 4) is 0 Å². The van der Waals surface area contributed by atoms with E-state index < -0.39 is 0 Å². The van der Waals surface area contributed by atoms with Gasteiger partial charge >= 0.3 is 5.97 Å². The summed E-state index contributed by atoms with van der Waals surface area (Å²) in [5.41, 5.74) is 7.06. The van der Waals surface area contributed by atoms with E-state index in [1.54, 1.807) is 12.1 Å². The van der Waals surface area contributed by atoms with Gasteiger partial charge in [0.05, 0.1) is 18.8 Å². The van der Waals surface area contributed by atoms with Crippen LogP contribution < -0.4 is 5.73 Å². The summed E-state index contributed by atoms with van der Waals surface area (Å²) in [4.78, 5) is 11.7. The van der Waals surface area contributed by atoms with Gasteiger partial charge in [-0.15, -0.1) is 0 Å². The predicted molar refractivity (Wildman–Crippen MR) is 63.5 cm³/mol. The quantitative estimate of drug-likeness (QED) is 0.800. The Bertz CT molecular complexity index is 369. The highest BCUT2D eigenvalue weighted by Gasteiger charge is 2.18. The van der Waals surface area contributed by atoms with Crippen LogP contribution in [0, 0.1) is 5.92 Å². The van der Waals surface area contributed by atoms with Gasteiger partial charge in [0, 0.05) is 19.1 Å². The summed E-state index contributed by atoms with van der Waals surface area (Å²) in [6, 6.07) is 7.18. The van der Waals surface area contributed by atoms with Gasteiger partial charge in [-0.25, -0.2) is 4.79 Å². The standard InChI is InChI=1S/C13H17NO3/c14-7-10-1-3-12(4-2-10)13(15)17-9-11-5-6-16-8-11/h1-4,11H,5-9,14H2. The van der Waals surface area contributed by atoms with Crippen molar-refractivity contribution in [3.05, 3.63) is 35.4 Å². The molecule has 0 aromatic heterocycles. The minimum atomic E-state index is -0.277. The van der Waals surface area contributed by atoms with Gasteiger partial charge in [0.2, 0.25) is 0 Å². The van der Waals surface area contributed by atoms with Gasteiger partial charge in [0.1, 0.15) is 0 Å². The fraction of sp³-hybridized carbons (Fsp3) is 0.462. The predicted octanol–water partition coefficient (Wildman–Crippen LogP) is 1.34. The third-order valence-electron chi connectivity index (χ3n) is 2.90. The molecule has 1 heterocycles. The molecule has 2 rings (SSSR count). The Morgan fingerprint density at radius 2 is 2.18 bits per heavy atom. The molecule has 1 unspecified atom stereocenters. The van der Waals surface area contributed by atoms with Crippen LogP contribution in [0.2, 0.25) is 0 Å². The summed E-state index contributed by atoms with van der Waals surface area (Å²) in [7, 11) is 0. The van der Waals surface area contributed by atoms with Crippen LogP contribution in [0.4, 0.5) is 0 Å². The molecule has 17 heavy (non-hydrogen) atoms. The number of benzene rings is 1. The minimum absolute atomic E-state index is 0.277. The molecule has 92 valence electrons. The number of carbonyl (C=O) groups excluding carboxylic acids is 1. The maximum atomic E-state index is 11.7. The molecule has 1 aliphatic heterocycles. The first kappa shape index (κ1) is 12.1. The normalized spacial score (nSPS) is 19.2. The van der Waals surface area contributed by atoms with E-state index in [1.165, 1.54) is 0 Å². The highest BCUT2D eigenvalue weighted by atomic mass is 16.5. The second-order valence-electron chi connectivity index (χ2n) is 4.23. The molecule has 1 fully saturated rings. The highest BCUT2D eigenvalue weighted by Crippen LogP contribution is 2.13. The third kappa shape index (κ3) is 3.28. The minimum Gasteiger partial charge on any atom is -0.462 e. The average molecular weight is 235 g/mol. The van der Waals surface area contributed by atoms with Crippen molar-refractivity contribution in [2.75, 3.05) is 19.8 Å². The van der Waals surface area contributed by atoms with E-state index in [-0.39, 0.29) is 5.97 Å². The van der Waals surface area contributed by atoms with Crippen LogP contribution >= 0.6 is 0 Å². The van der Waals surface area contributed by atoms with Crippen molar-refractivity contribution in [3.63, 3.8) is 0 Å². The smallest absolute Gasteiger partial charge is 0.338 e. The molecule has 1 saturated heterocycles. The fourth-order valence-corrected chi connectivity index (χ4v) is 1.77. The number of rotatable bonds is 4. The molecule has 4 heteroatoms. The van der Waals surface area contributed by atoms with Crippen LogP contribution in [-0.4, -0.2) is 25.8 Å². The van der Waals surface area contributed by atoms with Crippen molar-refractivity contribution in [2.24, 2.45) is 11.7 Å². The molecule has 1 atom stereocenters. The van der Waals surface area contributed by atoms with E-state index in [1.807, 2.05) is 12.1 Å². The Morgan fingerprint density at radius 1 is 1.41 bits per heavy atom.